The maximum absolute atomic E-state index is 4.46. The van der Waals surface area contributed by atoms with Crippen LogP contribution in [-0.4, -0.2) is 16.5 Å². The van der Waals surface area contributed by atoms with Gasteiger partial charge in [-0.05, 0) is 38.0 Å². The zero-order valence-electron chi connectivity index (χ0n) is 12.4. The standard InChI is InChI=1S/C16H27N3/c1-13(2)8-6-7-11-17-16-14-9-4-3-5-10-15(14)18-12-19-16/h12-13H,3-11H2,1-2H3,(H,17,18,19). The minimum Gasteiger partial charge on any atom is -0.370 e. The van der Waals surface area contributed by atoms with E-state index in [4.69, 9.17) is 0 Å². The lowest BCUT2D eigenvalue weighted by Crippen LogP contribution is -2.09. The molecule has 19 heavy (non-hydrogen) atoms. The molecular weight excluding hydrogens is 234 g/mol. The molecule has 0 spiro atoms. The first kappa shape index (κ1) is 14.3. The van der Waals surface area contributed by atoms with Crippen molar-refractivity contribution >= 4 is 5.82 Å². The normalized spacial score (nSPS) is 15.1. The molecule has 0 fully saturated rings. The molecule has 0 radical (unpaired) electrons. The minimum atomic E-state index is 0.815. The lowest BCUT2D eigenvalue weighted by Gasteiger charge is -2.12. The first-order chi connectivity index (χ1) is 9.27. The zero-order valence-corrected chi connectivity index (χ0v) is 12.4. The molecule has 0 saturated heterocycles. The monoisotopic (exact) mass is 261 g/mol. The predicted molar refractivity (Wildman–Crippen MR) is 80.5 cm³/mol. The molecule has 0 amide bonds. The highest BCUT2D eigenvalue weighted by molar-refractivity contribution is 5.46. The fourth-order valence-corrected chi connectivity index (χ4v) is 2.73. The van der Waals surface area contributed by atoms with Gasteiger partial charge < -0.3 is 5.32 Å². The zero-order chi connectivity index (χ0) is 13.5. The van der Waals surface area contributed by atoms with Crippen molar-refractivity contribution in [1.82, 2.24) is 9.97 Å². The third-order valence-electron chi connectivity index (χ3n) is 3.88. The van der Waals surface area contributed by atoms with Crippen LogP contribution in [0.5, 0.6) is 0 Å². The van der Waals surface area contributed by atoms with E-state index in [-0.39, 0.29) is 0 Å². The fourth-order valence-electron chi connectivity index (χ4n) is 2.73. The van der Waals surface area contributed by atoms with Crippen LogP contribution in [0.2, 0.25) is 0 Å². The third kappa shape index (κ3) is 4.48. The molecule has 1 heterocycles. The number of fused-ring (bicyclic) bond motifs is 1. The highest BCUT2D eigenvalue weighted by Gasteiger charge is 2.13. The van der Waals surface area contributed by atoms with Crippen molar-refractivity contribution in [2.45, 2.75) is 65.2 Å². The van der Waals surface area contributed by atoms with Crippen molar-refractivity contribution in [3.8, 4) is 0 Å². The highest BCUT2D eigenvalue weighted by Crippen LogP contribution is 2.23. The van der Waals surface area contributed by atoms with E-state index >= 15 is 0 Å². The van der Waals surface area contributed by atoms with Gasteiger partial charge in [0.2, 0.25) is 0 Å². The van der Waals surface area contributed by atoms with Crippen molar-refractivity contribution in [3.05, 3.63) is 17.6 Å². The van der Waals surface area contributed by atoms with Crippen LogP contribution in [0.25, 0.3) is 0 Å². The molecule has 1 aliphatic carbocycles. The smallest absolute Gasteiger partial charge is 0.132 e. The number of rotatable bonds is 6. The number of hydrogen-bond acceptors (Lipinski definition) is 3. The van der Waals surface area contributed by atoms with Gasteiger partial charge >= 0.3 is 0 Å². The first-order valence-corrected chi connectivity index (χ1v) is 7.84. The first-order valence-electron chi connectivity index (χ1n) is 7.84. The summed E-state index contributed by atoms with van der Waals surface area (Å²) in [6.45, 7) is 5.62. The van der Waals surface area contributed by atoms with Gasteiger partial charge in [0.15, 0.2) is 0 Å². The maximum Gasteiger partial charge on any atom is 0.132 e. The molecule has 0 atom stereocenters. The van der Waals surface area contributed by atoms with E-state index in [1.807, 2.05) is 0 Å². The second kappa shape index (κ2) is 7.46. The molecule has 0 saturated carbocycles. The quantitative estimate of drug-likeness (QED) is 0.621. The summed E-state index contributed by atoms with van der Waals surface area (Å²) in [4.78, 5) is 8.90. The second-order valence-corrected chi connectivity index (χ2v) is 6.02. The van der Waals surface area contributed by atoms with Crippen LogP contribution in [-0.2, 0) is 12.8 Å². The number of nitrogens with one attached hydrogen (secondary N) is 1. The molecule has 1 N–H and O–H groups in total. The molecule has 1 aliphatic rings. The Kier molecular flexibility index (Phi) is 5.62. The van der Waals surface area contributed by atoms with Crippen molar-refractivity contribution in [2.24, 2.45) is 5.92 Å². The summed E-state index contributed by atoms with van der Waals surface area (Å²) in [6.07, 6.45) is 11.7. The van der Waals surface area contributed by atoms with Crippen molar-refractivity contribution in [3.63, 3.8) is 0 Å². The second-order valence-electron chi connectivity index (χ2n) is 6.02. The Morgan fingerprint density at radius 1 is 1.11 bits per heavy atom. The van der Waals surface area contributed by atoms with Gasteiger partial charge in [0, 0.05) is 17.8 Å². The number of aromatic nitrogens is 2. The number of nitrogens with zero attached hydrogens (tertiary/aromatic N) is 2. The van der Waals surface area contributed by atoms with E-state index in [9.17, 15) is 0 Å². The largest absolute Gasteiger partial charge is 0.370 e. The van der Waals surface area contributed by atoms with Crippen LogP contribution in [0.3, 0.4) is 0 Å². The predicted octanol–water partition coefficient (Wildman–Crippen LogP) is 3.98. The Morgan fingerprint density at radius 3 is 2.79 bits per heavy atom. The molecule has 106 valence electrons. The SMILES string of the molecule is CC(C)CCCCNc1ncnc2c1CCCCC2. The molecule has 1 aromatic rings. The Balaban J connectivity index is 1.86. The molecule has 0 unspecified atom stereocenters. The molecule has 0 bridgehead atoms. The van der Waals surface area contributed by atoms with E-state index in [2.05, 4.69) is 29.1 Å². The lowest BCUT2D eigenvalue weighted by molar-refractivity contribution is 0.544. The summed E-state index contributed by atoms with van der Waals surface area (Å²) in [6, 6.07) is 0. The van der Waals surface area contributed by atoms with Gasteiger partial charge in [-0.2, -0.15) is 0 Å². The molecule has 3 heteroatoms. The Labute approximate surface area is 117 Å². The average molecular weight is 261 g/mol. The van der Waals surface area contributed by atoms with E-state index in [1.54, 1.807) is 6.33 Å². The molecule has 1 aromatic heterocycles. The van der Waals surface area contributed by atoms with Gasteiger partial charge in [0.25, 0.3) is 0 Å². The highest BCUT2D eigenvalue weighted by atomic mass is 15.0. The van der Waals surface area contributed by atoms with Gasteiger partial charge in [-0.15, -0.1) is 0 Å². The van der Waals surface area contributed by atoms with Crippen molar-refractivity contribution in [2.75, 3.05) is 11.9 Å². The Hall–Kier alpha value is -1.12. The van der Waals surface area contributed by atoms with Gasteiger partial charge in [-0.25, -0.2) is 9.97 Å². The maximum atomic E-state index is 4.46. The van der Waals surface area contributed by atoms with Gasteiger partial charge in [-0.1, -0.05) is 33.1 Å². The number of anilines is 1. The summed E-state index contributed by atoms with van der Waals surface area (Å²) in [5.74, 6) is 1.91. The van der Waals surface area contributed by atoms with Gasteiger partial charge in [0.1, 0.15) is 12.1 Å². The topological polar surface area (TPSA) is 37.8 Å². The summed E-state index contributed by atoms with van der Waals surface area (Å²) in [7, 11) is 0. The molecule has 3 nitrogen and oxygen atoms in total. The van der Waals surface area contributed by atoms with Crippen LogP contribution >= 0.6 is 0 Å². The number of hydrogen-bond donors (Lipinski definition) is 1. The van der Waals surface area contributed by atoms with E-state index in [1.165, 1.54) is 49.8 Å². The molecule has 0 aliphatic heterocycles. The average Bonchev–Trinajstić information content (AvgIpc) is 2.63. The van der Waals surface area contributed by atoms with Crippen LogP contribution in [0, 0.1) is 5.92 Å². The van der Waals surface area contributed by atoms with E-state index < -0.39 is 0 Å². The summed E-state index contributed by atoms with van der Waals surface area (Å²) >= 11 is 0. The molecular formula is C16H27N3. The van der Waals surface area contributed by atoms with Crippen LogP contribution in [0.15, 0.2) is 6.33 Å². The minimum absolute atomic E-state index is 0.815. The third-order valence-corrected chi connectivity index (χ3v) is 3.88. The van der Waals surface area contributed by atoms with Gasteiger partial charge in [-0.3, -0.25) is 0 Å². The van der Waals surface area contributed by atoms with Crippen LogP contribution in [0.4, 0.5) is 5.82 Å². The lowest BCUT2D eigenvalue weighted by atomic mass is 10.1. The van der Waals surface area contributed by atoms with E-state index in [0.717, 1.165) is 31.1 Å². The van der Waals surface area contributed by atoms with Crippen molar-refractivity contribution < 1.29 is 0 Å². The fraction of sp³-hybridized carbons (Fsp3) is 0.750. The molecule has 0 aromatic carbocycles. The summed E-state index contributed by atoms with van der Waals surface area (Å²) < 4.78 is 0. The van der Waals surface area contributed by atoms with E-state index in [0.29, 0.717) is 0 Å². The summed E-state index contributed by atoms with van der Waals surface area (Å²) in [5, 5.41) is 3.52. The Bertz CT molecular complexity index is 388. The van der Waals surface area contributed by atoms with Crippen molar-refractivity contribution in [1.29, 1.82) is 0 Å². The van der Waals surface area contributed by atoms with Crippen LogP contribution < -0.4 is 5.32 Å². The van der Waals surface area contributed by atoms with Crippen LogP contribution in [0.1, 0.15) is 63.6 Å². The molecule has 2 rings (SSSR count). The number of unbranched alkanes of at least 4 members (excludes halogenated alkanes) is 1. The number of aryl methyl sites for hydroxylation is 1. The van der Waals surface area contributed by atoms with Gasteiger partial charge in [0.05, 0.1) is 0 Å². The Morgan fingerprint density at radius 2 is 1.95 bits per heavy atom. The summed E-state index contributed by atoms with van der Waals surface area (Å²) in [5.41, 5.74) is 2.65.